The Morgan fingerprint density at radius 2 is 2.10 bits per heavy atom. The molecule has 2 N–H and O–H groups in total. The van der Waals surface area contributed by atoms with E-state index in [-0.39, 0.29) is 0 Å². The zero-order valence-electron chi connectivity index (χ0n) is 12.5. The third kappa shape index (κ3) is 5.49. The molecule has 1 aliphatic rings. The molecule has 21 heavy (non-hydrogen) atoms. The van der Waals surface area contributed by atoms with Crippen molar-refractivity contribution in [2.24, 2.45) is 0 Å². The van der Waals surface area contributed by atoms with Gasteiger partial charge in [-0.05, 0) is 31.0 Å². The first-order valence-corrected chi connectivity index (χ1v) is 8.35. The van der Waals surface area contributed by atoms with Crippen molar-refractivity contribution in [1.82, 2.24) is 0 Å². The monoisotopic (exact) mass is 357 g/mol. The van der Waals surface area contributed by atoms with Gasteiger partial charge in [0.1, 0.15) is 5.75 Å². The highest BCUT2D eigenvalue weighted by Gasteiger charge is 2.15. The summed E-state index contributed by atoms with van der Waals surface area (Å²) in [5.41, 5.74) is 0.864. The van der Waals surface area contributed by atoms with E-state index in [2.05, 4.69) is 21.2 Å². The zero-order valence-corrected chi connectivity index (χ0v) is 14.1. The largest absolute Gasteiger partial charge is 0.495 e. The van der Waals surface area contributed by atoms with Crippen molar-refractivity contribution < 1.29 is 14.6 Å². The van der Waals surface area contributed by atoms with Crippen LogP contribution in [0.15, 0.2) is 22.7 Å². The first kappa shape index (κ1) is 16.6. The molecule has 1 aromatic rings. The van der Waals surface area contributed by atoms with Crippen molar-refractivity contribution in [1.29, 1.82) is 0 Å². The molecule has 1 fully saturated rings. The van der Waals surface area contributed by atoms with Gasteiger partial charge in [0.2, 0.25) is 0 Å². The van der Waals surface area contributed by atoms with Crippen molar-refractivity contribution in [2.45, 2.75) is 44.3 Å². The van der Waals surface area contributed by atoms with Crippen LogP contribution < -0.4 is 10.1 Å². The zero-order chi connectivity index (χ0) is 15.1. The summed E-state index contributed by atoms with van der Waals surface area (Å²) in [6.07, 6.45) is 5.86. The van der Waals surface area contributed by atoms with E-state index in [1.807, 2.05) is 18.2 Å². The third-order valence-electron chi connectivity index (χ3n) is 3.77. The minimum absolute atomic E-state index is 0.328. The van der Waals surface area contributed by atoms with Crippen molar-refractivity contribution >= 4 is 21.6 Å². The van der Waals surface area contributed by atoms with Gasteiger partial charge in [-0.25, -0.2) is 0 Å². The standard InChI is InChI=1S/C16H24BrNO3/c1-20-16-8-7-12(17)9-15(16)18-10-13(19)11-21-14-5-3-2-4-6-14/h7-9,13-14,18-19H,2-6,10-11H2,1H3. The van der Waals surface area contributed by atoms with Crippen LogP contribution in [0.1, 0.15) is 32.1 Å². The maximum atomic E-state index is 10.0. The van der Waals surface area contributed by atoms with E-state index in [4.69, 9.17) is 9.47 Å². The van der Waals surface area contributed by atoms with Crippen LogP contribution in [0.3, 0.4) is 0 Å². The Kier molecular flexibility index (Phi) is 6.80. The van der Waals surface area contributed by atoms with E-state index in [9.17, 15) is 5.11 Å². The summed E-state index contributed by atoms with van der Waals surface area (Å²) < 4.78 is 12.0. The number of anilines is 1. The molecule has 4 nitrogen and oxygen atoms in total. The number of rotatable bonds is 7. The molecule has 0 aromatic heterocycles. The molecule has 1 aliphatic carbocycles. The van der Waals surface area contributed by atoms with Gasteiger partial charge in [-0.2, -0.15) is 0 Å². The Balaban J connectivity index is 1.75. The molecule has 1 unspecified atom stereocenters. The molecule has 0 amide bonds. The Hall–Kier alpha value is -0.780. The lowest BCUT2D eigenvalue weighted by molar-refractivity contribution is -0.0195. The summed E-state index contributed by atoms with van der Waals surface area (Å²) in [6, 6.07) is 5.75. The van der Waals surface area contributed by atoms with Gasteiger partial charge >= 0.3 is 0 Å². The smallest absolute Gasteiger partial charge is 0.142 e. The van der Waals surface area contributed by atoms with Crippen molar-refractivity contribution in [3.05, 3.63) is 22.7 Å². The number of ether oxygens (including phenoxy) is 2. The number of aliphatic hydroxyl groups excluding tert-OH is 1. The van der Waals surface area contributed by atoms with E-state index in [0.717, 1.165) is 28.8 Å². The predicted octanol–water partition coefficient (Wildman–Crippen LogP) is 3.58. The van der Waals surface area contributed by atoms with Gasteiger partial charge < -0.3 is 19.9 Å². The van der Waals surface area contributed by atoms with Gasteiger partial charge in [-0.3, -0.25) is 0 Å². The maximum absolute atomic E-state index is 10.0. The number of hydrogen-bond donors (Lipinski definition) is 2. The van der Waals surface area contributed by atoms with Crippen LogP contribution in [0.2, 0.25) is 0 Å². The molecule has 0 aliphatic heterocycles. The van der Waals surface area contributed by atoms with E-state index >= 15 is 0 Å². The lowest BCUT2D eigenvalue weighted by Crippen LogP contribution is -2.28. The van der Waals surface area contributed by atoms with Crippen LogP contribution in [0, 0.1) is 0 Å². The summed E-state index contributed by atoms with van der Waals surface area (Å²) in [7, 11) is 1.64. The molecule has 2 rings (SSSR count). The highest BCUT2D eigenvalue weighted by molar-refractivity contribution is 9.10. The average Bonchev–Trinajstić information content (AvgIpc) is 2.52. The second kappa shape index (κ2) is 8.61. The maximum Gasteiger partial charge on any atom is 0.142 e. The van der Waals surface area contributed by atoms with Gasteiger partial charge in [0.25, 0.3) is 0 Å². The Labute approximate surface area is 135 Å². The van der Waals surface area contributed by atoms with Crippen molar-refractivity contribution in [3.63, 3.8) is 0 Å². The average molecular weight is 358 g/mol. The number of halogens is 1. The fourth-order valence-corrected chi connectivity index (χ4v) is 2.95. The molecule has 1 atom stereocenters. The van der Waals surface area contributed by atoms with Gasteiger partial charge in [-0.1, -0.05) is 35.2 Å². The van der Waals surface area contributed by atoms with E-state index in [1.54, 1.807) is 7.11 Å². The fourth-order valence-electron chi connectivity index (χ4n) is 2.58. The summed E-state index contributed by atoms with van der Waals surface area (Å²) in [5, 5.41) is 13.2. The molecule has 1 saturated carbocycles. The van der Waals surface area contributed by atoms with Crippen LogP contribution in [0.25, 0.3) is 0 Å². The molecular weight excluding hydrogens is 334 g/mol. The SMILES string of the molecule is COc1ccc(Br)cc1NCC(O)COC1CCCCC1. The van der Waals surface area contributed by atoms with Crippen LogP contribution in [0.5, 0.6) is 5.75 Å². The lowest BCUT2D eigenvalue weighted by atomic mass is 9.98. The normalized spacial score (nSPS) is 17.5. The second-order valence-electron chi connectivity index (χ2n) is 5.47. The van der Waals surface area contributed by atoms with Gasteiger partial charge in [-0.15, -0.1) is 0 Å². The van der Waals surface area contributed by atoms with Gasteiger partial charge in [0.05, 0.1) is 31.6 Å². The molecule has 0 radical (unpaired) electrons. The highest BCUT2D eigenvalue weighted by Crippen LogP contribution is 2.27. The number of benzene rings is 1. The molecule has 1 aromatic carbocycles. The summed E-state index contributed by atoms with van der Waals surface area (Å²) in [5.74, 6) is 0.763. The fraction of sp³-hybridized carbons (Fsp3) is 0.625. The minimum atomic E-state index is -0.518. The van der Waals surface area contributed by atoms with Gasteiger partial charge in [0.15, 0.2) is 0 Å². The summed E-state index contributed by atoms with van der Waals surface area (Å²) >= 11 is 3.43. The topological polar surface area (TPSA) is 50.7 Å². The predicted molar refractivity (Wildman–Crippen MR) is 88.0 cm³/mol. The highest BCUT2D eigenvalue weighted by atomic mass is 79.9. The molecule has 118 valence electrons. The number of methoxy groups -OCH3 is 1. The van der Waals surface area contributed by atoms with Crippen LogP contribution in [0.4, 0.5) is 5.69 Å². The third-order valence-corrected chi connectivity index (χ3v) is 4.26. The molecule has 0 spiro atoms. The first-order chi connectivity index (χ1) is 10.2. The van der Waals surface area contributed by atoms with E-state index < -0.39 is 6.10 Å². The minimum Gasteiger partial charge on any atom is -0.495 e. The second-order valence-corrected chi connectivity index (χ2v) is 6.39. The molecular formula is C16H24BrNO3. The molecule has 0 heterocycles. The quantitative estimate of drug-likeness (QED) is 0.782. The number of aliphatic hydroxyl groups is 1. The van der Waals surface area contributed by atoms with E-state index in [0.29, 0.717) is 19.3 Å². The Morgan fingerprint density at radius 1 is 1.33 bits per heavy atom. The summed E-state index contributed by atoms with van der Waals surface area (Å²) in [6.45, 7) is 0.827. The van der Waals surface area contributed by atoms with Crippen LogP contribution >= 0.6 is 15.9 Å². The Bertz CT molecular complexity index is 436. The Morgan fingerprint density at radius 3 is 2.81 bits per heavy atom. The number of hydrogen-bond acceptors (Lipinski definition) is 4. The molecule has 5 heteroatoms. The summed E-state index contributed by atoms with van der Waals surface area (Å²) in [4.78, 5) is 0. The van der Waals surface area contributed by atoms with Crippen LogP contribution in [-0.2, 0) is 4.74 Å². The molecule has 0 saturated heterocycles. The first-order valence-electron chi connectivity index (χ1n) is 7.56. The van der Waals surface area contributed by atoms with E-state index in [1.165, 1.54) is 19.3 Å². The lowest BCUT2D eigenvalue weighted by Gasteiger charge is -2.23. The number of nitrogens with one attached hydrogen (secondary N) is 1. The van der Waals surface area contributed by atoms with Crippen molar-refractivity contribution in [2.75, 3.05) is 25.6 Å². The molecule has 0 bridgehead atoms. The van der Waals surface area contributed by atoms with Gasteiger partial charge in [0, 0.05) is 11.0 Å². The van der Waals surface area contributed by atoms with Crippen LogP contribution in [-0.4, -0.2) is 37.6 Å². The van der Waals surface area contributed by atoms with Crippen molar-refractivity contribution in [3.8, 4) is 5.75 Å².